The van der Waals surface area contributed by atoms with Crippen LogP contribution in [0.1, 0.15) is 20.3 Å². The zero-order valence-corrected chi connectivity index (χ0v) is 13.9. The molecule has 1 aromatic heterocycles. The molecule has 0 saturated carbocycles. The second kappa shape index (κ2) is 6.24. The van der Waals surface area contributed by atoms with Gasteiger partial charge in [-0.15, -0.1) is 11.3 Å². The van der Waals surface area contributed by atoms with Gasteiger partial charge in [-0.05, 0) is 13.8 Å². The Morgan fingerprint density at radius 1 is 1.32 bits per heavy atom. The molecule has 2 amide bonds. The van der Waals surface area contributed by atoms with Gasteiger partial charge in [0.15, 0.2) is 5.13 Å². The number of aromatic nitrogens is 1. The van der Waals surface area contributed by atoms with E-state index in [1.165, 1.54) is 0 Å². The van der Waals surface area contributed by atoms with Crippen molar-refractivity contribution in [1.82, 2.24) is 14.8 Å². The first kappa shape index (κ1) is 15.3. The first-order valence-corrected chi connectivity index (χ1v) is 8.67. The Labute approximate surface area is 134 Å². The van der Waals surface area contributed by atoms with E-state index in [4.69, 9.17) is 0 Å². The lowest BCUT2D eigenvalue weighted by atomic mass is 10.1. The van der Waals surface area contributed by atoms with Gasteiger partial charge >= 0.3 is 0 Å². The van der Waals surface area contributed by atoms with Gasteiger partial charge in [-0.3, -0.25) is 9.59 Å². The van der Waals surface area contributed by atoms with Gasteiger partial charge in [0.05, 0.1) is 5.92 Å². The topological polar surface area (TPSA) is 56.8 Å². The Morgan fingerprint density at radius 3 is 2.59 bits per heavy atom. The summed E-state index contributed by atoms with van der Waals surface area (Å²) in [4.78, 5) is 34.8. The molecule has 3 heterocycles. The molecule has 1 aromatic rings. The SMILES string of the molecule is CC(C)N1CC(C(=O)N2CCN(c3nccs3)CC2)CC1=O. The highest BCUT2D eigenvalue weighted by Crippen LogP contribution is 2.24. The highest BCUT2D eigenvalue weighted by atomic mass is 32.1. The lowest BCUT2D eigenvalue weighted by molar-refractivity contribution is -0.136. The number of hydrogen-bond acceptors (Lipinski definition) is 5. The van der Waals surface area contributed by atoms with E-state index in [2.05, 4.69) is 9.88 Å². The molecule has 0 aliphatic carbocycles. The van der Waals surface area contributed by atoms with Crippen molar-refractivity contribution in [3.05, 3.63) is 11.6 Å². The fraction of sp³-hybridized carbons (Fsp3) is 0.667. The van der Waals surface area contributed by atoms with E-state index < -0.39 is 0 Å². The number of rotatable bonds is 3. The zero-order valence-electron chi connectivity index (χ0n) is 13.1. The molecular formula is C15H22N4O2S. The van der Waals surface area contributed by atoms with Crippen LogP contribution in [0.5, 0.6) is 0 Å². The van der Waals surface area contributed by atoms with Crippen molar-refractivity contribution in [3.8, 4) is 0 Å². The second-order valence-corrected chi connectivity index (χ2v) is 7.04. The van der Waals surface area contributed by atoms with Crippen LogP contribution in [-0.2, 0) is 9.59 Å². The van der Waals surface area contributed by atoms with Crippen molar-refractivity contribution < 1.29 is 9.59 Å². The number of anilines is 1. The van der Waals surface area contributed by atoms with Gasteiger partial charge < -0.3 is 14.7 Å². The zero-order chi connectivity index (χ0) is 15.7. The van der Waals surface area contributed by atoms with Crippen molar-refractivity contribution in [2.75, 3.05) is 37.6 Å². The Hall–Kier alpha value is -1.63. The molecule has 6 nitrogen and oxygen atoms in total. The third kappa shape index (κ3) is 2.95. The van der Waals surface area contributed by atoms with E-state index in [0.29, 0.717) is 26.1 Å². The summed E-state index contributed by atoms with van der Waals surface area (Å²) in [6.07, 6.45) is 2.17. The van der Waals surface area contributed by atoms with Crippen molar-refractivity contribution in [3.63, 3.8) is 0 Å². The van der Waals surface area contributed by atoms with E-state index >= 15 is 0 Å². The van der Waals surface area contributed by atoms with Gasteiger partial charge in [-0.2, -0.15) is 0 Å². The minimum Gasteiger partial charge on any atom is -0.345 e. The lowest BCUT2D eigenvalue weighted by Gasteiger charge is -2.35. The minimum absolute atomic E-state index is 0.106. The molecule has 0 N–H and O–H groups in total. The van der Waals surface area contributed by atoms with Crippen LogP contribution >= 0.6 is 11.3 Å². The third-order valence-electron chi connectivity index (χ3n) is 4.41. The largest absolute Gasteiger partial charge is 0.345 e. The van der Waals surface area contributed by atoms with E-state index in [-0.39, 0.29) is 23.8 Å². The van der Waals surface area contributed by atoms with Gasteiger partial charge in [-0.25, -0.2) is 4.98 Å². The monoisotopic (exact) mass is 322 g/mol. The molecule has 1 unspecified atom stereocenters. The molecule has 22 heavy (non-hydrogen) atoms. The molecule has 0 spiro atoms. The number of piperazine rings is 1. The Kier molecular flexibility index (Phi) is 4.33. The smallest absolute Gasteiger partial charge is 0.228 e. The Morgan fingerprint density at radius 2 is 2.05 bits per heavy atom. The fourth-order valence-electron chi connectivity index (χ4n) is 3.14. The van der Waals surface area contributed by atoms with Gasteiger partial charge in [0.2, 0.25) is 11.8 Å². The van der Waals surface area contributed by atoms with E-state index in [1.54, 1.807) is 11.3 Å². The highest BCUT2D eigenvalue weighted by molar-refractivity contribution is 7.13. The molecule has 3 rings (SSSR count). The maximum atomic E-state index is 12.6. The van der Waals surface area contributed by atoms with E-state index in [1.807, 2.05) is 35.2 Å². The van der Waals surface area contributed by atoms with Crippen LogP contribution in [0.3, 0.4) is 0 Å². The maximum Gasteiger partial charge on any atom is 0.228 e. The van der Waals surface area contributed by atoms with Crippen LogP contribution in [0.25, 0.3) is 0 Å². The first-order chi connectivity index (χ1) is 10.6. The van der Waals surface area contributed by atoms with Gasteiger partial charge in [-0.1, -0.05) is 0 Å². The summed E-state index contributed by atoms with van der Waals surface area (Å²) in [5.74, 6) is 0.0753. The molecule has 2 aliphatic heterocycles. The molecule has 2 fully saturated rings. The first-order valence-electron chi connectivity index (χ1n) is 7.79. The third-order valence-corrected chi connectivity index (χ3v) is 5.24. The molecule has 120 valence electrons. The van der Waals surface area contributed by atoms with Crippen LogP contribution in [0.15, 0.2) is 11.6 Å². The lowest BCUT2D eigenvalue weighted by Crippen LogP contribution is -2.50. The molecule has 2 aliphatic rings. The number of thiazole rings is 1. The predicted molar refractivity (Wildman–Crippen MR) is 85.9 cm³/mol. The summed E-state index contributed by atoms with van der Waals surface area (Å²) >= 11 is 1.63. The standard InChI is InChI=1S/C15H22N4O2S/c1-11(2)19-10-12(9-13(19)20)14(21)17-4-6-18(7-5-17)15-16-3-8-22-15/h3,8,11-12H,4-7,9-10H2,1-2H3. The van der Waals surface area contributed by atoms with Crippen LogP contribution in [0.2, 0.25) is 0 Å². The normalized spacial score (nSPS) is 22.8. The summed E-state index contributed by atoms with van der Waals surface area (Å²) in [5.41, 5.74) is 0. The predicted octanol–water partition coefficient (Wildman–Crippen LogP) is 1.05. The van der Waals surface area contributed by atoms with Crippen molar-refractivity contribution >= 4 is 28.3 Å². The Balaban J connectivity index is 1.55. The van der Waals surface area contributed by atoms with Gasteiger partial charge in [0, 0.05) is 56.8 Å². The molecule has 7 heteroatoms. The Bertz CT molecular complexity index is 538. The van der Waals surface area contributed by atoms with Gasteiger partial charge in [0.25, 0.3) is 0 Å². The number of likely N-dealkylation sites (tertiary alicyclic amines) is 1. The number of amides is 2. The number of hydrogen-bond donors (Lipinski definition) is 0. The quantitative estimate of drug-likeness (QED) is 0.835. The minimum atomic E-state index is -0.165. The maximum absolute atomic E-state index is 12.6. The summed E-state index contributed by atoms with van der Waals surface area (Å²) in [6.45, 7) is 7.62. The molecule has 1 atom stereocenters. The average molecular weight is 322 g/mol. The molecule has 2 saturated heterocycles. The average Bonchev–Trinajstić information content (AvgIpc) is 3.16. The van der Waals surface area contributed by atoms with Crippen molar-refractivity contribution in [2.45, 2.75) is 26.3 Å². The summed E-state index contributed by atoms with van der Waals surface area (Å²) < 4.78 is 0. The molecular weight excluding hydrogens is 300 g/mol. The summed E-state index contributed by atoms with van der Waals surface area (Å²) in [5, 5.41) is 2.99. The number of nitrogens with zero attached hydrogens (tertiary/aromatic N) is 4. The van der Waals surface area contributed by atoms with E-state index in [9.17, 15) is 9.59 Å². The van der Waals surface area contributed by atoms with Crippen molar-refractivity contribution in [1.29, 1.82) is 0 Å². The number of carbonyl (C=O) groups excluding carboxylic acids is 2. The second-order valence-electron chi connectivity index (χ2n) is 6.17. The van der Waals surface area contributed by atoms with Crippen molar-refractivity contribution in [2.24, 2.45) is 5.92 Å². The molecule has 0 radical (unpaired) electrons. The molecule has 0 bridgehead atoms. The molecule has 0 aromatic carbocycles. The van der Waals surface area contributed by atoms with Crippen LogP contribution in [0.4, 0.5) is 5.13 Å². The summed E-state index contributed by atoms with van der Waals surface area (Å²) in [6, 6.07) is 0.173. The van der Waals surface area contributed by atoms with Crippen LogP contribution in [-0.4, -0.2) is 65.4 Å². The van der Waals surface area contributed by atoms with Crippen LogP contribution < -0.4 is 4.90 Å². The number of carbonyl (C=O) groups is 2. The summed E-state index contributed by atoms with van der Waals surface area (Å²) in [7, 11) is 0. The van der Waals surface area contributed by atoms with Gasteiger partial charge in [0.1, 0.15) is 0 Å². The van der Waals surface area contributed by atoms with E-state index in [0.717, 1.165) is 18.2 Å². The highest BCUT2D eigenvalue weighted by Gasteiger charge is 2.38. The fourth-order valence-corrected chi connectivity index (χ4v) is 3.84. The van der Waals surface area contributed by atoms with Crippen LogP contribution in [0, 0.1) is 5.92 Å².